The number of rotatable bonds is 3. The molecule has 138 valence electrons. The van der Waals surface area contributed by atoms with Gasteiger partial charge in [0, 0.05) is 49.6 Å². The molecule has 0 saturated carbocycles. The second-order valence-corrected chi connectivity index (χ2v) is 6.88. The number of piperazine rings is 1. The maximum absolute atomic E-state index is 13.2. The Balaban J connectivity index is 1.39. The number of aromatic nitrogens is 2. The molecule has 1 saturated heterocycles. The maximum Gasteiger partial charge on any atom is 0.434 e. The molecule has 1 fully saturated rings. The van der Waals surface area contributed by atoms with Gasteiger partial charge in [-0.25, -0.2) is 9.37 Å². The summed E-state index contributed by atoms with van der Waals surface area (Å²) in [7, 11) is 0. The molecule has 0 spiro atoms. The maximum atomic E-state index is 13.2. The van der Waals surface area contributed by atoms with Gasteiger partial charge in [0.15, 0.2) is 16.4 Å². The van der Waals surface area contributed by atoms with Gasteiger partial charge in [0.25, 0.3) is 0 Å². The van der Waals surface area contributed by atoms with Crippen LogP contribution in [-0.4, -0.2) is 41.2 Å². The van der Waals surface area contributed by atoms with E-state index < -0.39 is 11.9 Å². The summed E-state index contributed by atoms with van der Waals surface area (Å²) in [5.41, 5.74) is 0.282. The standard InChI is InChI=1S/C16H14F4N4OS/c17-10-1-2-11-12(22-25-13(11)7-10)8-23-3-5-24(6-4-23)15-21-14(9-26-15)16(18,19)20/h1-2,7,9H,3-6,8H2. The summed E-state index contributed by atoms with van der Waals surface area (Å²) >= 11 is 1.01. The van der Waals surface area contributed by atoms with Gasteiger partial charge in [-0.2, -0.15) is 13.2 Å². The number of nitrogens with zero attached hydrogens (tertiary/aromatic N) is 4. The predicted molar refractivity (Wildman–Crippen MR) is 88.6 cm³/mol. The van der Waals surface area contributed by atoms with Crippen molar-refractivity contribution in [2.75, 3.05) is 31.1 Å². The molecule has 26 heavy (non-hydrogen) atoms. The first kappa shape index (κ1) is 17.2. The molecule has 0 aliphatic carbocycles. The molecule has 1 aliphatic rings. The van der Waals surface area contributed by atoms with Crippen molar-refractivity contribution in [3.63, 3.8) is 0 Å². The first-order chi connectivity index (χ1) is 12.4. The minimum atomic E-state index is -4.41. The topological polar surface area (TPSA) is 45.4 Å². The highest BCUT2D eigenvalue weighted by molar-refractivity contribution is 7.13. The molecule has 4 rings (SSSR count). The molecule has 1 aromatic carbocycles. The summed E-state index contributed by atoms with van der Waals surface area (Å²) in [4.78, 5) is 7.68. The number of benzene rings is 1. The zero-order chi connectivity index (χ0) is 18.3. The monoisotopic (exact) mass is 386 g/mol. The Labute approximate surface area is 149 Å². The highest BCUT2D eigenvalue weighted by Gasteiger charge is 2.34. The largest absolute Gasteiger partial charge is 0.434 e. The second kappa shape index (κ2) is 6.51. The third-order valence-electron chi connectivity index (χ3n) is 4.31. The smallest absolute Gasteiger partial charge is 0.356 e. The second-order valence-electron chi connectivity index (χ2n) is 6.05. The predicted octanol–water partition coefficient (Wildman–Crippen LogP) is 3.76. The Bertz CT molecular complexity index is 915. The lowest BCUT2D eigenvalue weighted by Gasteiger charge is -2.34. The van der Waals surface area contributed by atoms with Gasteiger partial charge in [-0.05, 0) is 12.1 Å². The Morgan fingerprint density at radius 1 is 1.15 bits per heavy atom. The van der Waals surface area contributed by atoms with Crippen molar-refractivity contribution in [3.05, 3.63) is 40.8 Å². The quantitative estimate of drug-likeness (QED) is 0.642. The lowest BCUT2D eigenvalue weighted by molar-refractivity contribution is -0.140. The number of thiazole rings is 1. The van der Waals surface area contributed by atoms with Gasteiger partial charge < -0.3 is 9.42 Å². The Morgan fingerprint density at radius 3 is 2.62 bits per heavy atom. The number of hydrogen-bond acceptors (Lipinski definition) is 6. The molecule has 0 bridgehead atoms. The molecular weight excluding hydrogens is 372 g/mol. The molecule has 0 N–H and O–H groups in total. The van der Waals surface area contributed by atoms with E-state index in [1.165, 1.54) is 12.1 Å². The third kappa shape index (κ3) is 3.38. The highest BCUT2D eigenvalue weighted by atomic mass is 32.1. The van der Waals surface area contributed by atoms with Crippen LogP contribution < -0.4 is 4.90 Å². The molecule has 3 aromatic rings. The summed E-state index contributed by atoms with van der Waals surface area (Å²) in [5, 5.41) is 6.21. The molecule has 1 aliphatic heterocycles. The van der Waals surface area contributed by atoms with Gasteiger partial charge in [0.2, 0.25) is 0 Å². The van der Waals surface area contributed by atoms with E-state index in [4.69, 9.17) is 4.52 Å². The van der Waals surface area contributed by atoms with Gasteiger partial charge in [-0.1, -0.05) is 5.16 Å². The van der Waals surface area contributed by atoms with E-state index in [-0.39, 0.29) is 5.82 Å². The van der Waals surface area contributed by atoms with Crippen molar-refractivity contribution < 1.29 is 22.1 Å². The van der Waals surface area contributed by atoms with E-state index in [9.17, 15) is 17.6 Å². The normalized spacial score (nSPS) is 16.5. The number of halogens is 4. The lowest BCUT2D eigenvalue weighted by Crippen LogP contribution is -2.46. The Hall–Kier alpha value is -2.20. The van der Waals surface area contributed by atoms with E-state index in [0.29, 0.717) is 43.4 Å². The van der Waals surface area contributed by atoms with Crippen LogP contribution in [0.4, 0.5) is 22.7 Å². The molecule has 0 amide bonds. The van der Waals surface area contributed by atoms with Crippen molar-refractivity contribution in [3.8, 4) is 0 Å². The summed E-state index contributed by atoms with van der Waals surface area (Å²) in [6.07, 6.45) is -4.41. The van der Waals surface area contributed by atoms with Crippen LogP contribution in [0.1, 0.15) is 11.4 Å². The number of alkyl halides is 3. The van der Waals surface area contributed by atoms with Gasteiger partial charge in [-0.15, -0.1) is 11.3 Å². The average Bonchev–Trinajstić information content (AvgIpc) is 3.23. The molecule has 5 nitrogen and oxygen atoms in total. The van der Waals surface area contributed by atoms with Crippen molar-refractivity contribution in [2.45, 2.75) is 12.7 Å². The van der Waals surface area contributed by atoms with Gasteiger partial charge in [-0.3, -0.25) is 4.90 Å². The lowest BCUT2D eigenvalue weighted by atomic mass is 10.2. The fourth-order valence-corrected chi connectivity index (χ4v) is 3.81. The highest BCUT2D eigenvalue weighted by Crippen LogP contribution is 2.33. The molecule has 0 atom stereocenters. The fraction of sp³-hybridized carbons (Fsp3) is 0.375. The van der Waals surface area contributed by atoms with Crippen molar-refractivity contribution in [2.24, 2.45) is 0 Å². The summed E-state index contributed by atoms with van der Waals surface area (Å²) in [6.45, 7) is 3.02. The van der Waals surface area contributed by atoms with Crippen molar-refractivity contribution in [1.29, 1.82) is 0 Å². The molecule has 10 heteroatoms. The van der Waals surface area contributed by atoms with Crippen LogP contribution in [0.2, 0.25) is 0 Å². The fourth-order valence-electron chi connectivity index (χ4n) is 2.93. The minimum absolute atomic E-state index is 0.379. The van der Waals surface area contributed by atoms with E-state index in [0.717, 1.165) is 27.8 Å². The van der Waals surface area contributed by atoms with Gasteiger partial charge in [0.1, 0.15) is 11.5 Å². The van der Waals surface area contributed by atoms with E-state index >= 15 is 0 Å². The van der Waals surface area contributed by atoms with Crippen LogP contribution in [0.3, 0.4) is 0 Å². The SMILES string of the molecule is Fc1ccc2c(CN3CCN(c4nc(C(F)(F)F)cs4)CC3)noc2c1. The van der Waals surface area contributed by atoms with E-state index in [1.54, 1.807) is 6.07 Å². The van der Waals surface area contributed by atoms with Gasteiger partial charge in [0.05, 0.1) is 0 Å². The van der Waals surface area contributed by atoms with Crippen LogP contribution in [-0.2, 0) is 12.7 Å². The zero-order valence-electron chi connectivity index (χ0n) is 13.5. The Kier molecular flexibility index (Phi) is 4.31. The summed E-state index contributed by atoms with van der Waals surface area (Å²) < 4.78 is 56.4. The minimum Gasteiger partial charge on any atom is -0.356 e. The molecular formula is C16H14F4N4OS. The van der Waals surface area contributed by atoms with Gasteiger partial charge >= 0.3 is 6.18 Å². The van der Waals surface area contributed by atoms with E-state index in [1.807, 2.05) is 4.90 Å². The first-order valence-corrected chi connectivity index (χ1v) is 8.82. The molecule has 2 aromatic heterocycles. The molecule has 0 unspecified atom stereocenters. The number of hydrogen-bond donors (Lipinski definition) is 0. The number of fused-ring (bicyclic) bond motifs is 1. The summed E-state index contributed by atoms with van der Waals surface area (Å²) in [6, 6.07) is 4.30. The van der Waals surface area contributed by atoms with Crippen molar-refractivity contribution in [1.82, 2.24) is 15.0 Å². The summed E-state index contributed by atoms with van der Waals surface area (Å²) in [5.74, 6) is -0.379. The van der Waals surface area contributed by atoms with Crippen LogP contribution >= 0.6 is 11.3 Å². The molecule has 3 heterocycles. The van der Waals surface area contributed by atoms with Crippen LogP contribution in [0.15, 0.2) is 28.1 Å². The van der Waals surface area contributed by atoms with E-state index in [2.05, 4.69) is 15.0 Å². The average molecular weight is 386 g/mol. The van der Waals surface area contributed by atoms with Crippen LogP contribution in [0, 0.1) is 5.82 Å². The third-order valence-corrected chi connectivity index (χ3v) is 5.21. The zero-order valence-corrected chi connectivity index (χ0v) is 14.3. The van der Waals surface area contributed by atoms with Crippen molar-refractivity contribution >= 4 is 27.4 Å². The molecule has 0 radical (unpaired) electrons. The van der Waals surface area contributed by atoms with Crippen LogP contribution in [0.5, 0.6) is 0 Å². The van der Waals surface area contributed by atoms with Crippen LogP contribution in [0.25, 0.3) is 11.0 Å². The number of anilines is 1. The first-order valence-electron chi connectivity index (χ1n) is 7.94. The Morgan fingerprint density at radius 2 is 1.92 bits per heavy atom.